The molecule has 0 saturated carbocycles. The molecule has 1 aromatic rings. The van der Waals surface area contributed by atoms with Crippen LogP contribution in [0.4, 0.5) is 0 Å². The zero-order valence-electron chi connectivity index (χ0n) is 12.0. The van der Waals surface area contributed by atoms with E-state index >= 15 is 0 Å². The van der Waals surface area contributed by atoms with E-state index in [1.54, 1.807) is 11.8 Å². The minimum atomic E-state index is -0.840. The van der Waals surface area contributed by atoms with Gasteiger partial charge in [0.1, 0.15) is 18.3 Å². The maximum atomic E-state index is 12.7. The summed E-state index contributed by atoms with van der Waals surface area (Å²) in [6, 6.07) is 7.55. The zero-order valence-corrected chi connectivity index (χ0v) is 12.0. The maximum absolute atomic E-state index is 12.7. The molecule has 2 atom stereocenters. The highest BCUT2D eigenvalue weighted by atomic mass is 16.5. The average Bonchev–Trinajstić information content (AvgIpc) is 2.90. The van der Waals surface area contributed by atoms with Gasteiger partial charge in [-0.3, -0.25) is 9.59 Å². The van der Waals surface area contributed by atoms with Crippen molar-refractivity contribution in [3.8, 4) is 5.75 Å². The summed E-state index contributed by atoms with van der Waals surface area (Å²) < 4.78 is 5.56. The van der Waals surface area contributed by atoms with Gasteiger partial charge in [0.05, 0.1) is 5.41 Å². The number of likely N-dealkylation sites (tertiary alicyclic amines) is 1. The highest BCUT2D eigenvalue weighted by Crippen LogP contribution is 2.37. The number of carboxylic acid groups (broad SMARTS) is 1. The van der Waals surface area contributed by atoms with Gasteiger partial charge in [-0.15, -0.1) is 0 Å². The second kappa shape index (κ2) is 5.06. The van der Waals surface area contributed by atoms with Crippen LogP contribution in [0.5, 0.6) is 5.75 Å². The SMILES string of the molecule is CC1(C(=O)O)CCCN(C(=O)C2COc3ccccc32)C1. The second-order valence-electron chi connectivity index (χ2n) is 6.13. The molecule has 21 heavy (non-hydrogen) atoms. The molecule has 112 valence electrons. The van der Waals surface area contributed by atoms with E-state index in [1.807, 2.05) is 24.3 Å². The number of benzene rings is 1. The highest BCUT2D eigenvalue weighted by Gasteiger charge is 2.42. The van der Waals surface area contributed by atoms with E-state index in [9.17, 15) is 14.7 Å². The number of carbonyl (C=O) groups excluding carboxylic acids is 1. The Morgan fingerprint density at radius 2 is 2.14 bits per heavy atom. The van der Waals surface area contributed by atoms with Gasteiger partial charge < -0.3 is 14.7 Å². The summed E-state index contributed by atoms with van der Waals surface area (Å²) in [4.78, 5) is 25.8. The molecule has 2 aliphatic rings. The lowest BCUT2D eigenvalue weighted by molar-refractivity contribution is -0.153. The van der Waals surface area contributed by atoms with Crippen LogP contribution >= 0.6 is 0 Å². The smallest absolute Gasteiger partial charge is 0.311 e. The van der Waals surface area contributed by atoms with Gasteiger partial charge in [-0.25, -0.2) is 0 Å². The number of nitrogens with zero attached hydrogens (tertiary/aromatic N) is 1. The molecule has 2 heterocycles. The second-order valence-corrected chi connectivity index (χ2v) is 6.13. The van der Waals surface area contributed by atoms with Gasteiger partial charge in [-0.05, 0) is 25.8 Å². The number of amides is 1. The van der Waals surface area contributed by atoms with Crippen LogP contribution < -0.4 is 4.74 Å². The van der Waals surface area contributed by atoms with E-state index in [-0.39, 0.29) is 18.4 Å². The molecule has 0 aliphatic carbocycles. The first-order chi connectivity index (χ1) is 10.0. The number of carboxylic acids is 1. The van der Waals surface area contributed by atoms with Crippen molar-refractivity contribution in [2.45, 2.75) is 25.7 Å². The Kier molecular flexibility index (Phi) is 3.35. The number of para-hydroxylation sites is 1. The summed E-state index contributed by atoms with van der Waals surface area (Å²) in [5.41, 5.74) is 0.0671. The van der Waals surface area contributed by atoms with Gasteiger partial charge in [-0.2, -0.15) is 0 Å². The zero-order chi connectivity index (χ0) is 15.0. The molecule has 5 heteroatoms. The van der Waals surface area contributed by atoms with Gasteiger partial charge in [0, 0.05) is 18.7 Å². The van der Waals surface area contributed by atoms with E-state index in [2.05, 4.69) is 0 Å². The number of hydrogen-bond donors (Lipinski definition) is 1. The quantitative estimate of drug-likeness (QED) is 0.902. The van der Waals surface area contributed by atoms with Crippen LogP contribution in [0.2, 0.25) is 0 Å². The van der Waals surface area contributed by atoms with Crippen molar-refractivity contribution in [1.82, 2.24) is 4.90 Å². The molecule has 0 bridgehead atoms. The molecule has 1 saturated heterocycles. The average molecular weight is 289 g/mol. The summed E-state index contributed by atoms with van der Waals surface area (Å²) in [5.74, 6) is -0.401. The number of hydrogen-bond acceptors (Lipinski definition) is 3. The third-order valence-electron chi connectivity index (χ3n) is 4.52. The summed E-state index contributed by atoms with van der Waals surface area (Å²) >= 11 is 0. The number of ether oxygens (including phenoxy) is 1. The van der Waals surface area contributed by atoms with Crippen LogP contribution in [-0.2, 0) is 9.59 Å². The van der Waals surface area contributed by atoms with Gasteiger partial charge in [-0.1, -0.05) is 18.2 Å². The normalized spacial score (nSPS) is 27.9. The molecule has 1 amide bonds. The lowest BCUT2D eigenvalue weighted by Crippen LogP contribution is -2.49. The molecular formula is C16H19NO4. The molecule has 2 unspecified atom stereocenters. The van der Waals surface area contributed by atoms with Gasteiger partial charge >= 0.3 is 5.97 Å². The largest absolute Gasteiger partial charge is 0.492 e. The number of rotatable bonds is 2. The van der Waals surface area contributed by atoms with Crippen LogP contribution in [0, 0.1) is 5.41 Å². The van der Waals surface area contributed by atoms with Crippen molar-refractivity contribution in [3.05, 3.63) is 29.8 Å². The molecule has 1 aromatic carbocycles. The first-order valence-electron chi connectivity index (χ1n) is 7.25. The Morgan fingerprint density at radius 3 is 2.90 bits per heavy atom. The van der Waals surface area contributed by atoms with Gasteiger partial charge in [0.15, 0.2) is 0 Å². The molecule has 0 aromatic heterocycles. The Bertz CT molecular complexity index is 585. The van der Waals surface area contributed by atoms with E-state index in [0.717, 1.165) is 17.7 Å². The lowest BCUT2D eigenvalue weighted by Gasteiger charge is -2.38. The van der Waals surface area contributed by atoms with Crippen LogP contribution in [-0.4, -0.2) is 41.6 Å². The number of fused-ring (bicyclic) bond motifs is 1. The molecule has 3 rings (SSSR count). The van der Waals surface area contributed by atoms with Crippen LogP contribution in [0.15, 0.2) is 24.3 Å². The summed E-state index contributed by atoms with van der Waals surface area (Å²) in [5, 5.41) is 9.36. The van der Waals surface area contributed by atoms with Gasteiger partial charge in [0.25, 0.3) is 0 Å². The van der Waals surface area contributed by atoms with Crippen molar-refractivity contribution in [3.63, 3.8) is 0 Å². The third-order valence-corrected chi connectivity index (χ3v) is 4.52. The molecular weight excluding hydrogens is 270 g/mol. The Labute approximate surface area is 123 Å². The molecule has 1 fully saturated rings. The van der Waals surface area contributed by atoms with Crippen LogP contribution in [0.25, 0.3) is 0 Å². The molecule has 5 nitrogen and oxygen atoms in total. The molecule has 0 spiro atoms. The van der Waals surface area contributed by atoms with Crippen LogP contribution in [0.1, 0.15) is 31.2 Å². The van der Waals surface area contributed by atoms with E-state index in [4.69, 9.17) is 4.74 Å². The first-order valence-corrected chi connectivity index (χ1v) is 7.25. The van der Waals surface area contributed by atoms with E-state index in [1.165, 1.54) is 0 Å². The monoisotopic (exact) mass is 289 g/mol. The standard InChI is InChI=1S/C16H19NO4/c1-16(15(19)20)7-4-8-17(10-16)14(18)12-9-21-13-6-3-2-5-11(12)13/h2-3,5-6,12H,4,7-10H2,1H3,(H,19,20). The number of carbonyl (C=O) groups is 2. The third kappa shape index (κ3) is 2.37. The Hall–Kier alpha value is -2.04. The van der Waals surface area contributed by atoms with Crippen molar-refractivity contribution >= 4 is 11.9 Å². The first kappa shape index (κ1) is 13.9. The summed E-state index contributed by atoms with van der Waals surface area (Å²) in [7, 11) is 0. The molecule has 1 N–H and O–H groups in total. The predicted molar refractivity (Wildman–Crippen MR) is 76.2 cm³/mol. The van der Waals surface area contributed by atoms with Crippen molar-refractivity contribution in [1.29, 1.82) is 0 Å². The number of piperidine rings is 1. The minimum absolute atomic E-state index is 0.0212. The molecule has 2 aliphatic heterocycles. The van der Waals surface area contributed by atoms with Crippen LogP contribution in [0.3, 0.4) is 0 Å². The fraction of sp³-hybridized carbons (Fsp3) is 0.500. The highest BCUT2D eigenvalue weighted by molar-refractivity contribution is 5.86. The van der Waals surface area contributed by atoms with Crippen molar-refractivity contribution in [2.75, 3.05) is 19.7 Å². The Balaban J connectivity index is 1.79. The van der Waals surface area contributed by atoms with Crippen molar-refractivity contribution in [2.24, 2.45) is 5.41 Å². The van der Waals surface area contributed by atoms with E-state index < -0.39 is 11.4 Å². The minimum Gasteiger partial charge on any atom is -0.492 e. The Morgan fingerprint density at radius 1 is 1.38 bits per heavy atom. The predicted octanol–water partition coefficient (Wildman–Crippen LogP) is 1.88. The van der Waals surface area contributed by atoms with E-state index in [0.29, 0.717) is 19.6 Å². The summed E-state index contributed by atoms with van der Waals surface area (Å²) in [6.45, 7) is 2.96. The summed E-state index contributed by atoms with van der Waals surface area (Å²) in [6.07, 6.45) is 1.34. The lowest BCUT2D eigenvalue weighted by atomic mass is 9.81. The van der Waals surface area contributed by atoms with Crippen molar-refractivity contribution < 1.29 is 19.4 Å². The topological polar surface area (TPSA) is 66.8 Å². The maximum Gasteiger partial charge on any atom is 0.311 e. The number of aliphatic carboxylic acids is 1. The fourth-order valence-corrected chi connectivity index (χ4v) is 3.19. The van der Waals surface area contributed by atoms with Gasteiger partial charge in [0.2, 0.25) is 5.91 Å². The molecule has 0 radical (unpaired) electrons. The fourth-order valence-electron chi connectivity index (χ4n) is 3.19.